The van der Waals surface area contributed by atoms with Crippen LogP contribution in [0.4, 0.5) is 0 Å². The topological polar surface area (TPSA) is 76.1 Å². The largest absolute Gasteiger partial charge is 0.389 e. The summed E-state index contributed by atoms with van der Waals surface area (Å²) in [5, 5.41) is 10.2. The van der Waals surface area contributed by atoms with E-state index in [-0.39, 0.29) is 18.1 Å². The molecular weight excluding hydrogens is 294 g/mol. The van der Waals surface area contributed by atoms with Crippen molar-refractivity contribution in [2.45, 2.75) is 30.1 Å². The summed E-state index contributed by atoms with van der Waals surface area (Å²) in [5.74, 6) is 0. The summed E-state index contributed by atoms with van der Waals surface area (Å²) in [5.41, 5.74) is 0.983. The number of benzene rings is 1. The van der Waals surface area contributed by atoms with Crippen LogP contribution in [0.3, 0.4) is 0 Å². The third kappa shape index (κ3) is 3.27. The second-order valence-electron chi connectivity index (χ2n) is 5.20. The number of methoxy groups -OCH3 is 1. The van der Waals surface area contributed by atoms with Gasteiger partial charge in [0.05, 0.1) is 24.2 Å². The summed E-state index contributed by atoms with van der Waals surface area (Å²) in [6, 6.07) is 5.93. The SMILES string of the molecule is CO[C@@H]1COC[C@@H](N(C)S(=O)(=O)c2ccc(C)cc2)[C@@H]1O. The number of aliphatic hydroxyl groups excluding tert-OH is 1. The lowest BCUT2D eigenvalue weighted by Gasteiger charge is -2.38. The Morgan fingerprint density at radius 2 is 1.90 bits per heavy atom. The third-order valence-corrected chi connectivity index (χ3v) is 5.71. The molecule has 0 spiro atoms. The zero-order valence-electron chi connectivity index (χ0n) is 12.4. The fourth-order valence-electron chi connectivity index (χ4n) is 2.33. The van der Waals surface area contributed by atoms with Crippen LogP contribution < -0.4 is 0 Å². The Labute approximate surface area is 125 Å². The minimum Gasteiger partial charge on any atom is -0.389 e. The van der Waals surface area contributed by atoms with Crippen LogP contribution in [0.15, 0.2) is 29.2 Å². The Kier molecular flexibility index (Phi) is 5.00. The van der Waals surface area contributed by atoms with E-state index in [1.54, 1.807) is 24.3 Å². The molecule has 1 aliphatic rings. The molecule has 6 nitrogen and oxygen atoms in total. The molecule has 0 unspecified atom stereocenters. The first kappa shape index (κ1) is 16.4. The van der Waals surface area contributed by atoms with Crippen molar-refractivity contribution in [2.75, 3.05) is 27.4 Å². The molecule has 1 aromatic rings. The summed E-state index contributed by atoms with van der Waals surface area (Å²) in [7, 11) is -0.767. The van der Waals surface area contributed by atoms with Crippen LogP contribution in [-0.4, -0.2) is 63.5 Å². The highest BCUT2D eigenvalue weighted by Crippen LogP contribution is 2.22. The zero-order valence-corrected chi connectivity index (χ0v) is 13.2. The van der Waals surface area contributed by atoms with Crippen molar-refractivity contribution in [1.29, 1.82) is 0 Å². The van der Waals surface area contributed by atoms with E-state index in [1.165, 1.54) is 14.2 Å². The average molecular weight is 315 g/mol. The molecule has 1 fully saturated rings. The molecule has 1 aromatic carbocycles. The highest BCUT2D eigenvalue weighted by molar-refractivity contribution is 7.89. The van der Waals surface area contributed by atoms with E-state index in [4.69, 9.17) is 9.47 Å². The number of sulfonamides is 1. The van der Waals surface area contributed by atoms with Crippen LogP contribution in [0.5, 0.6) is 0 Å². The number of hydrogen-bond donors (Lipinski definition) is 1. The number of rotatable bonds is 4. The van der Waals surface area contributed by atoms with Gasteiger partial charge in [-0.15, -0.1) is 0 Å². The lowest BCUT2D eigenvalue weighted by Crippen LogP contribution is -2.56. The van der Waals surface area contributed by atoms with Gasteiger partial charge in [0, 0.05) is 14.2 Å². The van der Waals surface area contributed by atoms with E-state index >= 15 is 0 Å². The van der Waals surface area contributed by atoms with Gasteiger partial charge in [-0.05, 0) is 19.1 Å². The minimum atomic E-state index is -3.68. The van der Waals surface area contributed by atoms with Gasteiger partial charge in [0.2, 0.25) is 10.0 Å². The van der Waals surface area contributed by atoms with Gasteiger partial charge in [-0.25, -0.2) is 8.42 Å². The molecule has 7 heteroatoms. The summed E-state index contributed by atoms with van der Waals surface area (Å²) in [6.45, 7) is 2.29. The van der Waals surface area contributed by atoms with Crippen LogP contribution in [0.2, 0.25) is 0 Å². The highest BCUT2D eigenvalue weighted by Gasteiger charge is 2.39. The molecule has 1 saturated heterocycles. The quantitative estimate of drug-likeness (QED) is 0.870. The zero-order chi connectivity index (χ0) is 15.6. The number of aliphatic hydroxyl groups is 1. The van der Waals surface area contributed by atoms with Crippen molar-refractivity contribution < 1.29 is 23.0 Å². The molecule has 3 atom stereocenters. The van der Waals surface area contributed by atoms with Crippen molar-refractivity contribution in [1.82, 2.24) is 4.31 Å². The van der Waals surface area contributed by atoms with Crippen molar-refractivity contribution >= 4 is 10.0 Å². The molecule has 0 radical (unpaired) electrons. The van der Waals surface area contributed by atoms with Gasteiger partial charge in [-0.3, -0.25) is 0 Å². The average Bonchev–Trinajstić information content (AvgIpc) is 2.47. The molecule has 0 amide bonds. The first-order valence-electron chi connectivity index (χ1n) is 6.71. The predicted molar refractivity (Wildman–Crippen MR) is 77.5 cm³/mol. The first-order chi connectivity index (χ1) is 9.87. The number of aryl methyl sites for hydroxylation is 1. The summed E-state index contributed by atoms with van der Waals surface area (Å²) < 4.78 is 36.8. The fraction of sp³-hybridized carbons (Fsp3) is 0.571. The molecule has 21 heavy (non-hydrogen) atoms. The summed E-state index contributed by atoms with van der Waals surface area (Å²) in [6.07, 6.45) is -1.45. The van der Waals surface area contributed by atoms with Crippen LogP contribution in [0.1, 0.15) is 5.56 Å². The molecule has 1 aliphatic heterocycles. The molecule has 0 saturated carbocycles. The van der Waals surface area contributed by atoms with Crippen molar-refractivity contribution in [2.24, 2.45) is 0 Å². The van der Waals surface area contributed by atoms with E-state index in [2.05, 4.69) is 0 Å². The Balaban J connectivity index is 2.25. The normalized spacial score (nSPS) is 27.0. The van der Waals surface area contributed by atoms with Gasteiger partial charge in [-0.2, -0.15) is 4.31 Å². The first-order valence-corrected chi connectivity index (χ1v) is 8.15. The minimum absolute atomic E-state index is 0.141. The fourth-order valence-corrected chi connectivity index (χ4v) is 3.69. The smallest absolute Gasteiger partial charge is 0.243 e. The monoisotopic (exact) mass is 315 g/mol. The predicted octanol–water partition coefficient (Wildman–Crippen LogP) is 0.390. The van der Waals surface area contributed by atoms with Gasteiger partial charge in [0.25, 0.3) is 0 Å². The van der Waals surface area contributed by atoms with Crippen LogP contribution >= 0.6 is 0 Å². The maximum atomic E-state index is 12.6. The Bertz CT molecular complexity index is 572. The van der Waals surface area contributed by atoms with E-state index < -0.39 is 28.3 Å². The van der Waals surface area contributed by atoms with Crippen molar-refractivity contribution in [3.8, 4) is 0 Å². The molecule has 2 rings (SSSR count). The molecule has 0 bridgehead atoms. The molecule has 1 N–H and O–H groups in total. The number of likely N-dealkylation sites (N-methyl/N-ethyl adjacent to an activating group) is 1. The standard InChI is InChI=1S/C14H21NO5S/c1-10-4-6-11(7-5-10)21(17,18)15(2)12-8-20-9-13(19-3)14(12)16/h4-7,12-14,16H,8-9H2,1-3H3/t12-,13-,14+/m1/s1. The van der Waals surface area contributed by atoms with Gasteiger partial charge in [0.1, 0.15) is 12.2 Å². The molecule has 118 valence electrons. The summed E-state index contributed by atoms with van der Waals surface area (Å²) >= 11 is 0. The maximum absolute atomic E-state index is 12.6. The summed E-state index contributed by atoms with van der Waals surface area (Å²) in [4.78, 5) is 0.197. The van der Waals surface area contributed by atoms with Gasteiger partial charge in [-0.1, -0.05) is 17.7 Å². The van der Waals surface area contributed by atoms with E-state index in [0.29, 0.717) is 0 Å². The lowest BCUT2D eigenvalue weighted by molar-refractivity contribution is -0.130. The van der Waals surface area contributed by atoms with Gasteiger partial charge in [0.15, 0.2) is 0 Å². The van der Waals surface area contributed by atoms with Gasteiger partial charge >= 0.3 is 0 Å². The molecule has 1 heterocycles. The Morgan fingerprint density at radius 1 is 1.29 bits per heavy atom. The van der Waals surface area contributed by atoms with Crippen molar-refractivity contribution in [3.05, 3.63) is 29.8 Å². The van der Waals surface area contributed by atoms with Crippen molar-refractivity contribution in [3.63, 3.8) is 0 Å². The molecular formula is C14H21NO5S. The highest BCUT2D eigenvalue weighted by atomic mass is 32.2. The Hall–Kier alpha value is -0.990. The second kappa shape index (κ2) is 6.41. The number of nitrogens with zero attached hydrogens (tertiary/aromatic N) is 1. The second-order valence-corrected chi connectivity index (χ2v) is 7.20. The van der Waals surface area contributed by atoms with E-state index in [0.717, 1.165) is 9.87 Å². The number of hydrogen-bond acceptors (Lipinski definition) is 5. The van der Waals surface area contributed by atoms with Crippen LogP contribution in [-0.2, 0) is 19.5 Å². The number of ether oxygens (including phenoxy) is 2. The molecule has 0 aromatic heterocycles. The lowest BCUT2D eigenvalue weighted by atomic mass is 10.0. The van der Waals surface area contributed by atoms with Gasteiger partial charge < -0.3 is 14.6 Å². The Morgan fingerprint density at radius 3 is 2.48 bits per heavy atom. The molecule has 0 aliphatic carbocycles. The maximum Gasteiger partial charge on any atom is 0.243 e. The van der Waals surface area contributed by atoms with E-state index in [1.807, 2.05) is 6.92 Å². The van der Waals surface area contributed by atoms with Crippen LogP contribution in [0.25, 0.3) is 0 Å². The van der Waals surface area contributed by atoms with Crippen LogP contribution in [0, 0.1) is 6.92 Å². The third-order valence-electron chi connectivity index (χ3n) is 3.81. The van der Waals surface area contributed by atoms with E-state index in [9.17, 15) is 13.5 Å².